The van der Waals surface area contributed by atoms with E-state index in [1.165, 1.54) is 47.9 Å². The normalized spacial score (nSPS) is 17.4. The number of hydrogen-bond donors (Lipinski definition) is 0. The summed E-state index contributed by atoms with van der Waals surface area (Å²) in [4.78, 5) is 15.0. The molecule has 0 bridgehead atoms. The number of hydrogen-bond acceptors (Lipinski definition) is 4. The predicted molar refractivity (Wildman–Crippen MR) is 112 cm³/mol. The van der Waals surface area contributed by atoms with Crippen LogP contribution in [0, 0.1) is 6.92 Å². The predicted octanol–water partition coefficient (Wildman–Crippen LogP) is 4.14. The van der Waals surface area contributed by atoms with E-state index in [1.807, 2.05) is 0 Å². The maximum absolute atomic E-state index is 5.10. The lowest BCUT2D eigenvalue weighted by molar-refractivity contribution is 0.870. The molecular weight excluding hydrogens is 334 g/mol. The molecule has 2 aromatic heterocycles. The minimum atomic E-state index is 0.905. The highest BCUT2D eigenvalue weighted by Gasteiger charge is 2.26. The summed E-state index contributed by atoms with van der Waals surface area (Å²) >= 11 is 0. The molecule has 0 unspecified atom stereocenters. The minimum Gasteiger partial charge on any atom is -0.356 e. The average molecular weight is 361 g/mol. The molecule has 3 aromatic rings. The largest absolute Gasteiger partial charge is 0.356 e. The summed E-state index contributed by atoms with van der Waals surface area (Å²) in [6, 6.07) is 10.7. The summed E-state index contributed by atoms with van der Waals surface area (Å²) in [6.45, 7) is 6.56. The first-order chi connectivity index (χ1) is 13.2. The number of rotatable bonds is 3. The van der Waals surface area contributed by atoms with Crippen molar-refractivity contribution < 1.29 is 0 Å². The van der Waals surface area contributed by atoms with Crippen LogP contribution in [-0.4, -0.2) is 40.7 Å². The third-order valence-corrected chi connectivity index (χ3v) is 6.08. The van der Waals surface area contributed by atoms with Crippen LogP contribution in [0.4, 0.5) is 11.8 Å². The molecule has 2 fully saturated rings. The topological polar surface area (TPSA) is 37.2 Å². The fourth-order valence-electron chi connectivity index (χ4n) is 4.70. The maximum Gasteiger partial charge on any atom is 0.229 e. The van der Waals surface area contributed by atoms with Crippen LogP contribution < -0.4 is 9.80 Å². The van der Waals surface area contributed by atoms with E-state index in [0.717, 1.165) is 43.6 Å². The molecule has 4 heterocycles. The molecule has 2 saturated heterocycles. The van der Waals surface area contributed by atoms with Crippen molar-refractivity contribution in [3.63, 3.8) is 0 Å². The lowest BCUT2D eigenvalue weighted by Crippen LogP contribution is -2.24. The summed E-state index contributed by atoms with van der Waals surface area (Å²) in [5.74, 6) is 2.04. The highest BCUT2D eigenvalue weighted by molar-refractivity contribution is 5.97. The number of aromatic nitrogens is 3. The van der Waals surface area contributed by atoms with Crippen molar-refractivity contribution >= 4 is 22.8 Å². The van der Waals surface area contributed by atoms with Gasteiger partial charge in [-0.25, -0.2) is 0 Å². The smallest absolute Gasteiger partial charge is 0.229 e. The van der Waals surface area contributed by atoms with Crippen LogP contribution in [0.5, 0.6) is 0 Å². The standard InChI is InChI=1S/C22H27N5/c1-16-18-20(25(2)19(16)17-10-4-3-5-11-17)23-22(27-14-8-9-15-27)24-21(18)26-12-6-7-13-26/h3-5,10-11H,6-9,12-15H2,1-2H3. The molecule has 0 saturated carbocycles. The zero-order valence-corrected chi connectivity index (χ0v) is 16.3. The zero-order chi connectivity index (χ0) is 18.4. The number of nitrogens with zero attached hydrogens (tertiary/aromatic N) is 5. The molecule has 0 radical (unpaired) electrons. The van der Waals surface area contributed by atoms with E-state index in [4.69, 9.17) is 9.97 Å². The third-order valence-electron chi connectivity index (χ3n) is 6.08. The molecule has 0 N–H and O–H groups in total. The first kappa shape index (κ1) is 16.6. The second kappa shape index (κ2) is 6.55. The Balaban J connectivity index is 1.76. The molecule has 2 aliphatic heterocycles. The van der Waals surface area contributed by atoms with Gasteiger partial charge in [0.1, 0.15) is 11.5 Å². The van der Waals surface area contributed by atoms with Crippen LogP contribution in [0.3, 0.4) is 0 Å². The van der Waals surface area contributed by atoms with E-state index in [9.17, 15) is 0 Å². The molecule has 1 aromatic carbocycles. The molecular formula is C22H27N5. The van der Waals surface area contributed by atoms with Crippen LogP contribution in [0.25, 0.3) is 22.3 Å². The fourth-order valence-corrected chi connectivity index (χ4v) is 4.70. The second-order valence-electron chi connectivity index (χ2n) is 7.83. The maximum atomic E-state index is 5.10. The summed E-state index contributed by atoms with van der Waals surface area (Å²) in [7, 11) is 2.15. The molecule has 5 nitrogen and oxygen atoms in total. The van der Waals surface area contributed by atoms with Crippen molar-refractivity contribution in [2.75, 3.05) is 36.0 Å². The Morgan fingerprint density at radius 3 is 2.11 bits per heavy atom. The van der Waals surface area contributed by atoms with E-state index < -0.39 is 0 Å². The molecule has 5 rings (SSSR count). The Kier molecular flexibility index (Phi) is 4.03. The third kappa shape index (κ3) is 2.68. The quantitative estimate of drug-likeness (QED) is 0.702. The van der Waals surface area contributed by atoms with Gasteiger partial charge in [-0.3, -0.25) is 0 Å². The van der Waals surface area contributed by atoms with E-state index in [2.05, 4.69) is 58.7 Å². The lowest BCUT2D eigenvalue weighted by atomic mass is 10.1. The van der Waals surface area contributed by atoms with Gasteiger partial charge in [-0.1, -0.05) is 30.3 Å². The Morgan fingerprint density at radius 2 is 1.44 bits per heavy atom. The van der Waals surface area contributed by atoms with Crippen LogP contribution in [0.1, 0.15) is 31.2 Å². The van der Waals surface area contributed by atoms with Crippen LogP contribution in [-0.2, 0) is 7.05 Å². The minimum absolute atomic E-state index is 0.905. The number of aryl methyl sites for hydroxylation is 2. The van der Waals surface area contributed by atoms with Crippen LogP contribution in [0.15, 0.2) is 30.3 Å². The highest BCUT2D eigenvalue weighted by atomic mass is 15.3. The van der Waals surface area contributed by atoms with Gasteiger partial charge in [0, 0.05) is 33.2 Å². The average Bonchev–Trinajstić information content (AvgIpc) is 3.44. The number of anilines is 2. The van der Waals surface area contributed by atoms with Gasteiger partial charge in [-0.2, -0.15) is 9.97 Å². The van der Waals surface area contributed by atoms with Crippen molar-refractivity contribution in [1.82, 2.24) is 14.5 Å². The summed E-state index contributed by atoms with van der Waals surface area (Å²) in [5.41, 5.74) is 4.84. The van der Waals surface area contributed by atoms with Crippen molar-refractivity contribution in [3.05, 3.63) is 35.9 Å². The van der Waals surface area contributed by atoms with Gasteiger partial charge < -0.3 is 14.4 Å². The summed E-state index contributed by atoms with van der Waals surface area (Å²) < 4.78 is 2.26. The van der Waals surface area contributed by atoms with Gasteiger partial charge >= 0.3 is 0 Å². The molecule has 0 aliphatic carbocycles. The van der Waals surface area contributed by atoms with E-state index in [1.54, 1.807) is 0 Å². The lowest BCUT2D eigenvalue weighted by Gasteiger charge is -2.22. The van der Waals surface area contributed by atoms with Crippen molar-refractivity contribution in [2.45, 2.75) is 32.6 Å². The van der Waals surface area contributed by atoms with E-state index >= 15 is 0 Å². The van der Waals surface area contributed by atoms with E-state index in [0.29, 0.717) is 0 Å². The van der Waals surface area contributed by atoms with Gasteiger partial charge in [-0.15, -0.1) is 0 Å². The second-order valence-corrected chi connectivity index (χ2v) is 7.83. The Labute approximate surface area is 160 Å². The highest BCUT2D eigenvalue weighted by Crippen LogP contribution is 2.38. The van der Waals surface area contributed by atoms with Gasteiger partial charge in [0.05, 0.1) is 11.1 Å². The zero-order valence-electron chi connectivity index (χ0n) is 16.3. The first-order valence-electron chi connectivity index (χ1n) is 10.2. The molecule has 2 aliphatic rings. The van der Waals surface area contributed by atoms with Crippen molar-refractivity contribution in [3.8, 4) is 11.3 Å². The van der Waals surface area contributed by atoms with E-state index in [-0.39, 0.29) is 0 Å². The molecule has 27 heavy (non-hydrogen) atoms. The molecule has 140 valence electrons. The van der Waals surface area contributed by atoms with Crippen molar-refractivity contribution in [1.29, 1.82) is 0 Å². The number of benzene rings is 1. The first-order valence-corrected chi connectivity index (χ1v) is 10.2. The molecule has 0 spiro atoms. The molecule has 0 amide bonds. The van der Waals surface area contributed by atoms with Gasteiger partial charge in [0.2, 0.25) is 5.95 Å². The molecule has 0 atom stereocenters. The monoisotopic (exact) mass is 361 g/mol. The van der Waals surface area contributed by atoms with Gasteiger partial charge in [-0.05, 0) is 43.7 Å². The van der Waals surface area contributed by atoms with Crippen molar-refractivity contribution in [2.24, 2.45) is 7.05 Å². The Bertz CT molecular complexity index is 964. The summed E-state index contributed by atoms with van der Waals surface area (Å²) in [6.07, 6.45) is 4.98. The summed E-state index contributed by atoms with van der Waals surface area (Å²) in [5, 5.41) is 1.22. The van der Waals surface area contributed by atoms with Gasteiger partial charge in [0.15, 0.2) is 0 Å². The Morgan fingerprint density at radius 1 is 0.815 bits per heavy atom. The fraction of sp³-hybridized carbons (Fsp3) is 0.455. The number of fused-ring (bicyclic) bond motifs is 1. The Hall–Kier alpha value is -2.56. The van der Waals surface area contributed by atoms with Crippen LogP contribution >= 0.6 is 0 Å². The molecule has 5 heteroatoms. The SMILES string of the molecule is Cc1c(-c2ccccc2)n(C)c2nc(N3CCCC3)nc(N3CCCC3)c12. The van der Waals surface area contributed by atoms with Crippen LogP contribution in [0.2, 0.25) is 0 Å². The van der Waals surface area contributed by atoms with Gasteiger partial charge in [0.25, 0.3) is 0 Å².